The lowest BCUT2D eigenvalue weighted by atomic mass is 9.97. The van der Waals surface area contributed by atoms with E-state index in [1.807, 2.05) is 13.8 Å². The van der Waals surface area contributed by atoms with Crippen LogP contribution in [-0.2, 0) is 0 Å². The Morgan fingerprint density at radius 2 is 1.57 bits per heavy atom. The average Bonchev–Trinajstić information content (AvgIpc) is 2.17. The van der Waals surface area contributed by atoms with Crippen molar-refractivity contribution < 1.29 is 14.7 Å². The molecule has 1 rings (SSSR count). The highest BCUT2D eigenvalue weighted by Gasteiger charge is 2.10. The van der Waals surface area contributed by atoms with Crippen molar-refractivity contribution in [3.05, 3.63) is 28.8 Å². The van der Waals surface area contributed by atoms with E-state index in [-0.39, 0.29) is 22.8 Å². The summed E-state index contributed by atoms with van der Waals surface area (Å²) < 4.78 is 0. The van der Waals surface area contributed by atoms with Gasteiger partial charge in [-0.2, -0.15) is 0 Å². The predicted octanol–water partition coefficient (Wildman–Crippen LogP) is 2.14. The fourth-order valence-corrected chi connectivity index (χ4v) is 1.22. The maximum absolute atomic E-state index is 10.6. The Hall–Kier alpha value is -1.64. The van der Waals surface area contributed by atoms with Gasteiger partial charge in [-0.15, -0.1) is 0 Å². The molecule has 0 bridgehead atoms. The molecule has 1 aromatic carbocycles. The van der Waals surface area contributed by atoms with Gasteiger partial charge in [0.15, 0.2) is 12.6 Å². The van der Waals surface area contributed by atoms with Crippen LogP contribution in [0.25, 0.3) is 0 Å². The van der Waals surface area contributed by atoms with Crippen molar-refractivity contribution >= 4 is 12.6 Å². The summed E-state index contributed by atoms with van der Waals surface area (Å²) in [5.74, 6) is -0.0209. The van der Waals surface area contributed by atoms with E-state index < -0.39 is 0 Å². The fourth-order valence-electron chi connectivity index (χ4n) is 1.22. The number of aromatic hydroxyl groups is 1. The molecule has 0 atom stereocenters. The molecule has 0 aliphatic rings. The Morgan fingerprint density at radius 1 is 1.14 bits per heavy atom. The SMILES string of the molecule is CC(C)c1cc(C=O)c(O)c(C=O)c1. The van der Waals surface area contributed by atoms with Gasteiger partial charge in [0.2, 0.25) is 0 Å². The van der Waals surface area contributed by atoms with E-state index in [1.54, 1.807) is 12.1 Å². The summed E-state index contributed by atoms with van der Waals surface area (Å²) in [5.41, 5.74) is 1.20. The van der Waals surface area contributed by atoms with Crippen molar-refractivity contribution in [3.63, 3.8) is 0 Å². The summed E-state index contributed by atoms with van der Waals surface area (Å²) in [7, 11) is 0. The molecule has 1 aromatic rings. The first-order chi connectivity index (χ1) is 6.60. The minimum absolute atomic E-state index is 0.165. The van der Waals surface area contributed by atoms with E-state index in [9.17, 15) is 14.7 Å². The quantitative estimate of drug-likeness (QED) is 0.746. The maximum atomic E-state index is 10.6. The molecule has 3 nitrogen and oxygen atoms in total. The first-order valence-electron chi connectivity index (χ1n) is 4.37. The molecule has 0 radical (unpaired) electrons. The van der Waals surface area contributed by atoms with Crippen molar-refractivity contribution in [1.82, 2.24) is 0 Å². The third kappa shape index (κ3) is 1.82. The maximum Gasteiger partial charge on any atom is 0.153 e. The molecular formula is C11H12O3. The van der Waals surface area contributed by atoms with Crippen molar-refractivity contribution in [3.8, 4) is 5.75 Å². The van der Waals surface area contributed by atoms with Gasteiger partial charge in [0.05, 0.1) is 11.1 Å². The monoisotopic (exact) mass is 192 g/mol. The van der Waals surface area contributed by atoms with E-state index in [1.165, 1.54) is 0 Å². The van der Waals surface area contributed by atoms with E-state index >= 15 is 0 Å². The highest BCUT2D eigenvalue weighted by Crippen LogP contribution is 2.25. The molecule has 0 saturated heterocycles. The third-order valence-corrected chi connectivity index (χ3v) is 2.11. The molecule has 74 valence electrons. The molecule has 0 aliphatic heterocycles. The molecule has 14 heavy (non-hydrogen) atoms. The lowest BCUT2D eigenvalue weighted by molar-refractivity contribution is 0.112. The summed E-state index contributed by atoms with van der Waals surface area (Å²) in [5, 5.41) is 9.43. The second kappa shape index (κ2) is 4.05. The number of hydrogen-bond donors (Lipinski definition) is 1. The van der Waals surface area contributed by atoms with Gasteiger partial charge < -0.3 is 5.11 Å². The van der Waals surface area contributed by atoms with Gasteiger partial charge >= 0.3 is 0 Å². The van der Waals surface area contributed by atoms with Gasteiger partial charge in [0.1, 0.15) is 5.75 Å². The fraction of sp³-hybridized carbons (Fsp3) is 0.273. The molecule has 0 aromatic heterocycles. The second-order valence-corrected chi connectivity index (χ2v) is 3.44. The van der Waals surface area contributed by atoms with E-state index in [0.29, 0.717) is 12.6 Å². The Bertz CT molecular complexity index is 338. The number of carbonyl (C=O) groups is 2. The lowest BCUT2D eigenvalue weighted by Gasteiger charge is -2.08. The van der Waals surface area contributed by atoms with Crippen LogP contribution in [-0.4, -0.2) is 17.7 Å². The third-order valence-electron chi connectivity index (χ3n) is 2.11. The first-order valence-corrected chi connectivity index (χ1v) is 4.37. The van der Waals surface area contributed by atoms with Gasteiger partial charge in [-0.25, -0.2) is 0 Å². The lowest BCUT2D eigenvalue weighted by Crippen LogP contribution is -1.95. The molecule has 0 unspecified atom stereocenters. The first kappa shape index (κ1) is 10.4. The van der Waals surface area contributed by atoms with Crippen LogP contribution in [0.5, 0.6) is 5.75 Å². The van der Waals surface area contributed by atoms with Gasteiger partial charge in [0, 0.05) is 0 Å². The number of carbonyl (C=O) groups excluding carboxylic acids is 2. The number of rotatable bonds is 3. The Morgan fingerprint density at radius 3 is 1.86 bits per heavy atom. The van der Waals surface area contributed by atoms with E-state index in [2.05, 4.69) is 0 Å². The average molecular weight is 192 g/mol. The normalized spacial score (nSPS) is 10.2. The number of benzene rings is 1. The minimum atomic E-state index is -0.237. The predicted molar refractivity (Wildman–Crippen MR) is 53.0 cm³/mol. The Kier molecular flexibility index (Phi) is 3.02. The van der Waals surface area contributed by atoms with Crippen LogP contribution in [0.1, 0.15) is 46.0 Å². The Labute approximate surface area is 82.4 Å². The summed E-state index contributed by atoms with van der Waals surface area (Å²) in [4.78, 5) is 21.2. The number of hydrogen-bond acceptors (Lipinski definition) is 3. The van der Waals surface area contributed by atoms with Crippen molar-refractivity contribution in [2.75, 3.05) is 0 Å². The van der Waals surface area contributed by atoms with Crippen LogP contribution in [0.4, 0.5) is 0 Å². The van der Waals surface area contributed by atoms with Crippen molar-refractivity contribution in [1.29, 1.82) is 0 Å². The molecule has 0 heterocycles. The van der Waals surface area contributed by atoms with Gasteiger partial charge in [0.25, 0.3) is 0 Å². The highest BCUT2D eigenvalue weighted by atomic mass is 16.3. The Balaban J connectivity index is 3.39. The van der Waals surface area contributed by atoms with Crippen LogP contribution in [0.3, 0.4) is 0 Å². The minimum Gasteiger partial charge on any atom is -0.506 e. The molecule has 0 aliphatic carbocycles. The number of phenolic OH excluding ortho intramolecular Hbond substituents is 1. The summed E-state index contributed by atoms with van der Waals surface area (Å²) >= 11 is 0. The van der Waals surface area contributed by atoms with Crippen LogP contribution >= 0.6 is 0 Å². The van der Waals surface area contributed by atoms with Crippen LogP contribution in [0, 0.1) is 0 Å². The van der Waals surface area contributed by atoms with Gasteiger partial charge in [-0.3, -0.25) is 9.59 Å². The van der Waals surface area contributed by atoms with Gasteiger partial charge in [-0.1, -0.05) is 13.8 Å². The summed E-state index contributed by atoms with van der Waals surface area (Å²) in [6.07, 6.45) is 1.10. The second-order valence-electron chi connectivity index (χ2n) is 3.44. The molecule has 1 N–H and O–H groups in total. The summed E-state index contributed by atoms with van der Waals surface area (Å²) in [6.45, 7) is 3.91. The molecule has 3 heteroatoms. The summed E-state index contributed by atoms with van der Waals surface area (Å²) in [6, 6.07) is 3.19. The zero-order valence-electron chi connectivity index (χ0n) is 8.15. The zero-order chi connectivity index (χ0) is 10.7. The molecule has 0 fully saturated rings. The standard InChI is InChI=1S/C11H12O3/c1-7(2)8-3-9(5-12)11(14)10(4-8)6-13/h3-7,14H,1-2H3. The topological polar surface area (TPSA) is 54.4 Å². The number of aldehydes is 2. The van der Waals surface area contributed by atoms with Crippen LogP contribution in [0.15, 0.2) is 12.1 Å². The van der Waals surface area contributed by atoms with E-state index in [0.717, 1.165) is 5.56 Å². The zero-order valence-corrected chi connectivity index (χ0v) is 8.15. The largest absolute Gasteiger partial charge is 0.506 e. The van der Waals surface area contributed by atoms with Crippen LogP contribution < -0.4 is 0 Å². The number of phenols is 1. The van der Waals surface area contributed by atoms with Crippen molar-refractivity contribution in [2.24, 2.45) is 0 Å². The smallest absolute Gasteiger partial charge is 0.153 e. The van der Waals surface area contributed by atoms with Crippen LogP contribution in [0.2, 0.25) is 0 Å². The van der Waals surface area contributed by atoms with Crippen molar-refractivity contribution in [2.45, 2.75) is 19.8 Å². The molecule has 0 saturated carbocycles. The highest BCUT2D eigenvalue weighted by molar-refractivity contribution is 5.88. The van der Waals surface area contributed by atoms with E-state index in [4.69, 9.17) is 0 Å². The van der Waals surface area contributed by atoms with Gasteiger partial charge in [-0.05, 0) is 23.6 Å². The molecule has 0 spiro atoms. The molecular weight excluding hydrogens is 180 g/mol. The molecule has 0 amide bonds.